The van der Waals surface area contributed by atoms with Crippen LogP contribution in [0.15, 0.2) is 50.4 Å². The van der Waals surface area contributed by atoms with Gasteiger partial charge in [-0.25, -0.2) is 14.2 Å². The van der Waals surface area contributed by atoms with Crippen LogP contribution in [0.5, 0.6) is 5.75 Å². The molecule has 2 N–H and O–H groups in total. The van der Waals surface area contributed by atoms with Gasteiger partial charge in [-0.05, 0) is 48.7 Å². The summed E-state index contributed by atoms with van der Waals surface area (Å²) in [6.07, 6.45) is 0.910. The maximum absolute atomic E-state index is 14.6. The zero-order valence-electron chi connectivity index (χ0n) is 18.3. The summed E-state index contributed by atoms with van der Waals surface area (Å²) < 4.78 is 27.7. The van der Waals surface area contributed by atoms with Crippen LogP contribution in [0.25, 0.3) is 16.7 Å². The van der Waals surface area contributed by atoms with Gasteiger partial charge in [0.15, 0.2) is 24.0 Å². The number of hydrogen-bond acceptors (Lipinski definition) is 8. The van der Waals surface area contributed by atoms with Crippen LogP contribution in [-0.2, 0) is 17.8 Å². The molecule has 4 aromatic rings. The number of carbonyl (C=O) groups is 1. The Labute approximate surface area is 196 Å². The highest BCUT2D eigenvalue weighted by Gasteiger charge is 2.28. The third-order valence-electron chi connectivity index (χ3n) is 6.07. The summed E-state index contributed by atoms with van der Waals surface area (Å²) >= 11 is 0. The molecule has 11 nitrogen and oxygen atoms in total. The van der Waals surface area contributed by atoms with Gasteiger partial charge >= 0.3 is 5.76 Å². The topological polar surface area (TPSA) is 133 Å². The number of hydrogen-bond donors (Lipinski definition) is 2. The quantitative estimate of drug-likeness (QED) is 0.396. The van der Waals surface area contributed by atoms with Crippen molar-refractivity contribution in [3.05, 3.63) is 74.6 Å². The van der Waals surface area contributed by atoms with Crippen molar-refractivity contribution in [2.45, 2.75) is 25.4 Å². The van der Waals surface area contributed by atoms with Gasteiger partial charge in [0, 0.05) is 24.6 Å². The number of nitrogens with zero attached hydrogens (tertiary/aromatic N) is 4. The first-order valence-electron chi connectivity index (χ1n) is 11.1. The molecular formula is C23H19FN6O5. The van der Waals surface area contributed by atoms with Crippen molar-refractivity contribution in [1.29, 1.82) is 0 Å². The Kier molecular flexibility index (Phi) is 4.95. The molecule has 0 unspecified atom stereocenters. The van der Waals surface area contributed by atoms with E-state index in [1.54, 1.807) is 28.8 Å². The van der Waals surface area contributed by atoms with E-state index in [2.05, 4.69) is 20.7 Å². The number of ether oxygens (including phenoxy) is 1. The molecular weight excluding hydrogens is 459 g/mol. The highest BCUT2D eigenvalue weighted by molar-refractivity contribution is 5.94. The molecule has 0 saturated carbocycles. The molecule has 5 heterocycles. The Bertz CT molecular complexity index is 1610. The van der Waals surface area contributed by atoms with Gasteiger partial charge in [-0.15, -0.1) is 9.78 Å². The Morgan fingerprint density at radius 2 is 2.00 bits per heavy atom. The van der Waals surface area contributed by atoms with Crippen LogP contribution in [-0.4, -0.2) is 38.4 Å². The molecule has 2 aliphatic heterocycles. The lowest BCUT2D eigenvalue weighted by atomic mass is 10.1. The lowest BCUT2D eigenvalue weighted by Crippen LogP contribution is -2.27. The maximum atomic E-state index is 14.6. The van der Waals surface area contributed by atoms with Crippen LogP contribution in [0.3, 0.4) is 0 Å². The van der Waals surface area contributed by atoms with Gasteiger partial charge < -0.3 is 24.4 Å². The SMILES string of the molecule is O=C1COc2ccc(-n3nc(CCCN[C@H]4Cn5c(=O)ccc6ccc(F)c4c65)oc3=O)nc2N1. The fraction of sp³-hybridized carbons (Fsp3) is 0.261. The summed E-state index contributed by atoms with van der Waals surface area (Å²) in [5.41, 5.74) is 0.951. The van der Waals surface area contributed by atoms with Crippen molar-refractivity contribution >= 4 is 22.6 Å². The molecule has 0 aliphatic carbocycles. The molecule has 3 aromatic heterocycles. The number of amides is 1. The first-order chi connectivity index (χ1) is 17.0. The largest absolute Gasteiger partial charge is 0.480 e. The molecule has 1 atom stereocenters. The second-order valence-corrected chi connectivity index (χ2v) is 8.32. The average Bonchev–Trinajstić information content (AvgIpc) is 3.42. The summed E-state index contributed by atoms with van der Waals surface area (Å²) in [5.74, 6) is -0.382. The van der Waals surface area contributed by atoms with Gasteiger partial charge in [0.05, 0.1) is 11.6 Å². The molecule has 0 radical (unpaired) electrons. The standard InChI is InChI=1S/C23H19FN6O5/c24-13-5-3-12-4-8-19(32)29-10-14(20(13)21(12)29)25-9-1-2-18-28-30(23(33)35-18)16-7-6-15-22(26-16)27-17(31)11-34-15/h3-8,14,25H,1-2,9-11H2,(H,26,27,31)/t14-/m0/s1. The lowest BCUT2D eigenvalue weighted by molar-refractivity contribution is -0.118. The summed E-state index contributed by atoms with van der Waals surface area (Å²) in [7, 11) is 0. The summed E-state index contributed by atoms with van der Waals surface area (Å²) in [6.45, 7) is 0.738. The number of aromatic nitrogens is 4. The Morgan fingerprint density at radius 1 is 1.14 bits per heavy atom. The second-order valence-electron chi connectivity index (χ2n) is 8.32. The number of rotatable bonds is 6. The fourth-order valence-corrected chi connectivity index (χ4v) is 4.50. The third kappa shape index (κ3) is 3.67. The molecule has 1 aromatic carbocycles. The molecule has 2 aliphatic rings. The van der Waals surface area contributed by atoms with E-state index < -0.39 is 5.76 Å². The van der Waals surface area contributed by atoms with Crippen LogP contribution in [0.4, 0.5) is 10.2 Å². The van der Waals surface area contributed by atoms with E-state index in [1.165, 1.54) is 12.1 Å². The van der Waals surface area contributed by atoms with E-state index in [4.69, 9.17) is 9.15 Å². The molecule has 35 heavy (non-hydrogen) atoms. The highest BCUT2D eigenvalue weighted by atomic mass is 19.1. The number of benzene rings is 1. The predicted molar refractivity (Wildman–Crippen MR) is 121 cm³/mol. The minimum absolute atomic E-state index is 0.0956. The van der Waals surface area contributed by atoms with Crippen molar-refractivity contribution in [2.24, 2.45) is 0 Å². The minimum Gasteiger partial charge on any atom is -0.480 e. The molecule has 12 heteroatoms. The van der Waals surface area contributed by atoms with Crippen LogP contribution in [0, 0.1) is 5.82 Å². The van der Waals surface area contributed by atoms with Crippen LogP contribution in [0.1, 0.15) is 23.9 Å². The maximum Gasteiger partial charge on any atom is 0.443 e. The molecule has 0 bridgehead atoms. The predicted octanol–water partition coefficient (Wildman–Crippen LogP) is 1.28. The fourth-order valence-electron chi connectivity index (χ4n) is 4.50. The van der Waals surface area contributed by atoms with Crippen LogP contribution in [0.2, 0.25) is 0 Å². The molecule has 0 saturated heterocycles. The van der Waals surface area contributed by atoms with E-state index in [0.29, 0.717) is 42.8 Å². The average molecular weight is 478 g/mol. The monoisotopic (exact) mass is 478 g/mol. The highest BCUT2D eigenvalue weighted by Crippen LogP contribution is 2.33. The van der Waals surface area contributed by atoms with Gasteiger partial charge in [-0.1, -0.05) is 0 Å². The Morgan fingerprint density at radius 3 is 2.89 bits per heavy atom. The van der Waals surface area contributed by atoms with Gasteiger partial charge in [0.25, 0.3) is 11.5 Å². The van der Waals surface area contributed by atoms with Gasteiger partial charge in [-0.3, -0.25) is 9.59 Å². The van der Waals surface area contributed by atoms with Gasteiger partial charge in [0.1, 0.15) is 5.82 Å². The number of pyridine rings is 2. The number of aryl methyl sites for hydroxylation is 1. The number of carbonyl (C=O) groups excluding carboxylic acids is 1. The second kappa shape index (κ2) is 8.17. The van der Waals surface area contributed by atoms with E-state index in [0.717, 1.165) is 10.1 Å². The third-order valence-corrected chi connectivity index (χ3v) is 6.07. The normalized spacial score (nSPS) is 16.3. The zero-order chi connectivity index (χ0) is 24.1. The number of halogens is 1. The van der Waals surface area contributed by atoms with Crippen molar-refractivity contribution in [3.8, 4) is 11.6 Å². The van der Waals surface area contributed by atoms with E-state index in [9.17, 15) is 18.8 Å². The smallest absolute Gasteiger partial charge is 0.443 e. The van der Waals surface area contributed by atoms with Crippen LogP contribution < -0.4 is 26.7 Å². The molecule has 178 valence electrons. The molecule has 1 amide bonds. The van der Waals surface area contributed by atoms with Crippen molar-refractivity contribution in [3.63, 3.8) is 0 Å². The van der Waals surface area contributed by atoms with E-state index in [-0.39, 0.29) is 47.5 Å². The summed E-state index contributed by atoms with van der Waals surface area (Å²) in [5, 5.41) is 10.9. The lowest BCUT2D eigenvalue weighted by Gasteiger charge is -2.16. The molecule has 0 spiro atoms. The van der Waals surface area contributed by atoms with Crippen molar-refractivity contribution in [1.82, 2.24) is 24.6 Å². The van der Waals surface area contributed by atoms with Crippen molar-refractivity contribution in [2.75, 3.05) is 18.5 Å². The van der Waals surface area contributed by atoms with E-state index in [1.807, 2.05) is 0 Å². The van der Waals surface area contributed by atoms with Crippen molar-refractivity contribution < 1.29 is 18.3 Å². The minimum atomic E-state index is -0.706. The zero-order valence-corrected chi connectivity index (χ0v) is 18.3. The Balaban J connectivity index is 1.13. The number of nitrogens with one attached hydrogen (secondary N) is 2. The molecule has 0 fully saturated rings. The summed E-state index contributed by atoms with van der Waals surface area (Å²) in [4.78, 5) is 40.3. The summed E-state index contributed by atoms with van der Waals surface area (Å²) in [6, 6.07) is 9.07. The van der Waals surface area contributed by atoms with Gasteiger partial charge in [-0.2, -0.15) is 0 Å². The first kappa shape index (κ1) is 21.2. The van der Waals surface area contributed by atoms with Crippen LogP contribution >= 0.6 is 0 Å². The van der Waals surface area contributed by atoms with Gasteiger partial charge in [0.2, 0.25) is 5.89 Å². The Hall–Kier alpha value is -4.32. The number of fused-ring (bicyclic) bond motifs is 1. The van der Waals surface area contributed by atoms with E-state index >= 15 is 0 Å². The molecule has 6 rings (SSSR count). The number of anilines is 1. The first-order valence-corrected chi connectivity index (χ1v) is 11.1.